The van der Waals surface area contributed by atoms with Crippen LogP contribution in [0.15, 0.2) is 0 Å². The lowest BCUT2D eigenvalue weighted by atomic mass is 9.97. The minimum Gasteiger partial charge on any atom is -0.480 e. The van der Waals surface area contributed by atoms with Gasteiger partial charge in [0.2, 0.25) is 23.6 Å². The van der Waals surface area contributed by atoms with Crippen molar-refractivity contribution in [2.75, 3.05) is 13.1 Å². The van der Waals surface area contributed by atoms with E-state index in [0.717, 1.165) is 0 Å². The number of carbonyl (C=O) groups is 5. The van der Waals surface area contributed by atoms with Gasteiger partial charge in [0, 0.05) is 6.42 Å². The van der Waals surface area contributed by atoms with Crippen LogP contribution in [0.25, 0.3) is 0 Å². The third-order valence-electron chi connectivity index (χ3n) is 3.72. The van der Waals surface area contributed by atoms with Crippen LogP contribution in [0.2, 0.25) is 0 Å². The Kier molecular flexibility index (Phi) is 10.6. The SMILES string of the molecule is CCC(C)C(NC(=O)C(CCC(N)=O)NC(=O)CN)C(=O)NCC(=O)O. The second-order valence-corrected chi connectivity index (χ2v) is 5.81. The van der Waals surface area contributed by atoms with Gasteiger partial charge in [0.25, 0.3) is 0 Å². The molecule has 0 radical (unpaired) electrons. The smallest absolute Gasteiger partial charge is 0.322 e. The van der Waals surface area contributed by atoms with E-state index >= 15 is 0 Å². The fraction of sp³-hybridized carbons (Fsp3) is 0.667. The molecule has 0 aromatic carbocycles. The van der Waals surface area contributed by atoms with E-state index in [2.05, 4.69) is 16.0 Å². The van der Waals surface area contributed by atoms with Gasteiger partial charge in [0.1, 0.15) is 18.6 Å². The summed E-state index contributed by atoms with van der Waals surface area (Å²) in [4.78, 5) is 57.7. The Balaban J connectivity index is 5.16. The topological polar surface area (TPSA) is 194 Å². The summed E-state index contributed by atoms with van der Waals surface area (Å²) in [6.07, 6.45) is 0.325. The molecule has 0 heterocycles. The van der Waals surface area contributed by atoms with E-state index in [1.165, 1.54) is 0 Å². The predicted octanol–water partition coefficient (Wildman–Crippen LogP) is -2.57. The molecule has 11 nitrogen and oxygen atoms in total. The van der Waals surface area contributed by atoms with Gasteiger partial charge in [-0.2, -0.15) is 0 Å². The molecule has 0 saturated heterocycles. The summed E-state index contributed by atoms with van der Waals surface area (Å²) in [5, 5.41) is 15.7. The number of rotatable bonds is 12. The van der Waals surface area contributed by atoms with Crippen LogP contribution in [0.4, 0.5) is 0 Å². The lowest BCUT2D eigenvalue weighted by molar-refractivity contribution is -0.139. The van der Waals surface area contributed by atoms with Gasteiger partial charge in [-0.05, 0) is 12.3 Å². The van der Waals surface area contributed by atoms with Gasteiger partial charge in [0.05, 0.1) is 6.54 Å². The summed E-state index contributed by atoms with van der Waals surface area (Å²) in [5.41, 5.74) is 10.3. The first-order valence-electron chi connectivity index (χ1n) is 8.19. The summed E-state index contributed by atoms with van der Waals surface area (Å²) in [6, 6.07) is -2.10. The molecular weight excluding hydrogens is 346 g/mol. The van der Waals surface area contributed by atoms with Crippen molar-refractivity contribution in [3.8, 4) is 0 Å². The molecule has 26 heavy (non-hydrogen) atoms. The van der Waals surface area contributed by atoms with Crippen molar-refractivity contribution < 1.29 is 29.1 Å². The zero-order chi connectivity index (χ0) is 20.3. The predicted molar refractivity (Wildman–Crippen MR) is 91.4 cm³/mol. The maximum atomic E-state index is 12.5. The van der Waals surface area contributed by atoms with Crippen molar-refractivity contribution in [3.05, 3.63) is 0 Å². The Hall–Kier alpha value is -2.69. The van der Waals surface area contributed by atoms with Crippen molar-refractivity contribution in [1.82, 2.24) is 16.0 Å². The number of hydrogen-bond acceptors (Lipinski definition) is 6. The average molecular weight is 373 g/mol. The number of carbonyl (C=O) groups excluding carboxylic acids is 4. The Morgan fingerprint density at radius 1 is 1.08 bits per heavy atom. The number of nitrogens with two attached hydrogens (primary N) is 2. The molecule has 0 aromatic rings. The highest BCUT2D eigenvalue weighted by Gasteiger charge is 2.29. The summed E-state index contributed by atoms with van der Waals surface area (Å²) in [7, 11) is 0. The maximum absolute atomic E-state index is 12.5. The second kappa shape index (κ2) is 11.8. The summed E-state index contributed by atoms with van der Waals surface area (Å²) in [5.74, 6) is -4.12. The van der Waals surface area contributed by atoms with E-state index < -0.39 is 48.2 Å². The van der Waals surface area contributed by atoms with Gasteiger partial charge < -0.3 is 32.5 Å². The van der Waals surface area contributed by atoms with E-state index in [1.807, 2.05) is 0 Å². The molecule has 0 spiro atoms. The van der Waals surface area contributed by atoms with Crippen LogP contribution in [-0.2, 0) is 24.0 Å². The van der Waals surface area contributed by atoms with Crippen LogP contribution in [0.3, 0.4) is 0 Å². The third kappa shape index (κ3) is 8.97. The Labute approximate surface area is 151 Å². The maximum Gasteiger partial charge on any atom is 0.322 e. The largest absolute Gasteiger partial charge is 0.480 e. The van der Waals surface area contributed by atoms with Crippen LogP contribution in [0.1, 0.15) is 33.1 Å². The second-order valence-electron chi connectivity index (χ2n) is 5.81. The summed E-state index contributed by atoms with van der Waals surface area (Å²) < 4.78 is 0. The van der Waals surface area contributed by atoms with Crippen molar-refractivity contribution >= 4 is 29.6 Å². The van der Waals surface area contributed by atoms with Gasteiger partial charge in [-0.15, -0.1) is 0 Å². The standard InChI is InChI=1S/C15H27N5O6/c1-3-8(2)13(15(26)18-7-12(23)24)20-14(25)9(4-5-10(17)21)19-11(22)6-16/h8-9,13H,3-7,16H2,1-2H3,(H2,17,21)(H,18,26)(H,19,22)(H,20,25)(H,23,24). The Bertz CT molecular complexity index is 539. The minimum atomic E-state index is -1.22. The first-order chi connectivity index (χ1) is 12.1. The number of amides is 4. The molecule has 0 fully saturated rings. The molecule has 0 aliphatic rings. The van der Waals surface area contributed by atoms with Crippen molar-refractivity contribution in [1.29, 1.82) is 0 Å². The van der Waals surface area contributed by atoms with E-state index in [0.29, 0.717) is 6.42 Å². The Morgan fingerprint density at radius 3 is 2.15 bits per heavy atom. The number of aliphatic carboxylic acids is 1. The molecule has 8 N–H and O–H groups in total. The van der Waals surface area contributed by atoms with Crippen LogP contribution in [-0.4, -0.2) is 59.9 Å². The highest BCUT2D eigenvalue weighted by molar-refractivity contribution is 5.93. The molecule has 3 unspecified atom stereocenters. The van der Waals surface area contributed by atoms with Crippen molar-refractivity contribution in [2.24, 2.45) is 17.4 Å². The lowest BCUT2D eigenvalue weighted by Crippen LogP contribution is -2.56. The highest BCUT2D eigenvalue weighted by Crippen LogP contribution is 2.09. The molecule has 0 bridgehead atoms. The van der Waals surface area contributed by atoms with E-state index in [9.17, 15) is 24.0 Å². The van der Waals surface area contributed by atoms with Crippen molar-refractivity contribution in [3.63, 3.8) is 0 Å². The van der Waals surface area contributed by atoms with Gasteiger partial charge in [-0.3, -0.25) is 24.0 Å². The van der Waals surface area contributed by atoms with Crippen LogP contribution in [0, 0.1) is 5.92 Å². The molecule has 148 valence electrons. The zero-order valence-corrected chi connectivity index (χ0v) is 14.9. The number of hydrogen-bond donors (Lipinski definition) is 6. The number of carboxylic acids is 1. The average Bonchev–Trinajstić information content (AvgIpc) is 2.59. The zero-order valence-electron chi connectivity index (χ0n) is 14.9. The summed E-state index contributed by atoms with van der Waals surface area (Å²) >= 11 is 0. The molecule has 3 atom stereocenters. The van der Waals surface area contributed by atoms with E-state index in [-0.39, 0.29) is 25.3 Å². The molecular formula is C15H27N5O6. The lowest BCUT2D eigenvalue weighted by Gasteiger charge is -2.26. The molecule has 0 aliphatic carbocycles. The number of carboxylic acid groups (broad SMARTS) is 1. The van der Waals surface area contributed by atoms with Crippen LogP contribution >= 0.6 is 0 Å². The fourth-order valence-electron chi connectivity index (χ4n) is 2.04. The normalized spacial score (nSPS) is 13.8. The monoisotopic (exact) mass is 373 g/mol. The van der Waals surface area contributed by atoms with E-state index in [4.69, 9.17) is 16.6 Å². The van der Waals surface area contributed by atoms with Crippen LogP contribution in [0.5, 0.6) is 0 Å². The first kappa shape index (κ1) is 23.3. The number of nitrogens with one attached hydrogen (secondary N) is 3. The van der Waals surface area contributed by atoms with Crippen molar-refractivity contribution in [2.45, 2.75) is 45.2 Å². The van der Waals surface area contributed by atoms with Crippen LogP contribution < -0.4 is 27.4 Å². The minimum absolute atomic E-state index is 0.0587. The molecule has 4 amide bonds. The third-order valence-corrected chi connectivity index (χ3v) is 3.72. The van der Waals surface area contributed by atoms with Gasteiger partial charge in [-0.25, -0.2) is 0 Å². The van der Waals surface area contributed by atoms with Gasteiger partial charge in [-0.1, -0.05) is 20.3 Å². The van der Waals surface area contributed by atoms with Gasteiger partial charge >= 0.3 is 5.97 Å². The molecule has 11 heteroatoms. The molecule has 0 aromatic heterocycles. The summed E-state index contributed by atoms with van der Waals surface area (Å²) in [6.45, 7) is 2.57. The fourth-order valence-corrected chi connectivity index (χ4v) is 2.04. The number of primary amides is 1. The quantitative estimate of drug-likeness (QED) is 0.216. The molecule has 0 aliphatic heterocycles. The van der Waals surface area contributed by atoms with E-state index in [1.54, 1.807) is 13.8 Å². The molecule has 0 saturated carbocycles. The first-order valence-corrected chi connectivity index (χ1v) is 8.19. The Morgan fingerprint density at radius 2 is 1.69 bits per heavy atom. The van der Waals surface area contributed by atoms with Gasteiger partial charge in [0.15, 0.2) is 0 Å². The molecule has 0 rings (SSSR count). The highest BCUT2D eigenvalue weighted by atomic mass is 16.4.